The summed E-state index contributed by atoms with van der Waals surface area (Å²) in [5.74, 6) is -0.357. The maximum Gasteiger partial charge on any atom is 0.337 e. The molecule has 244 valence electrons. The molecular weight excluding hydrogens is 653 g/mol. The molecule has 5 rings (SSSR count). The second-order valence-corrected chi connectivity index (χ2v) is 14.2. The summed E-state index contributed by atoms with van der Waals surface area (Å²) >= 11 is 12.7. The molecule has 1 fully saturated rings. The van der Waals surface area contributed by atoms with E-state index in [2.05, 4.69) is 11.0 Å². The molecule has 0 aromatic heterocycles. The maximum absolute atomic E-state index is 13.9. The Morgan fingerprint density at radius 3 is 2.47 bits per heavy atom. The van der Waals surface area contributed by atoms with Gasteiger partial charge in [-0.3, -0.25) is 9.00 Å². The minimum absolute atomic E-state index is 0.0122. The van der Waals surface area contributed by atoms with E-state index in [0.717, 1.165) is 60.8 Å². The SMILES string of the molecule is COC(=O)c1ccc(C2CCN(CC[C@H](CN(C)C(=O)c3cc(C#N)cc4ccccc34)c3ccc(Cl)c(Cl)c3)CC2)c([S@@](C)=O)c1. The number of halogens is 2. The summed E-state index contributed by atoms with van der Waals surface area (Å²) < 4.78 is 17.5. The lowest BCUT2D eigenvalue weighted by Crippen LogP contribution is -2.36. The minimum atomic E-state index is -1.24. The second kappa shape index (κ2) is 15.4. The molecule has 10 heteroatoms. The van der Waals surface area contributed by atoms with Crippen LogP contribution >= 0.6 is 23.2 Å². The Balaban J connectivity index is 1.30. The molecule has 0 radical (unpaired) electrons. The zero-order chi connectivity index (χ0) is 33.7. The summed E-state index contributed by atoms with van der Waals surface area (Å²) in [5, 5.41) is 12.2. The summed E-state index contributed by atoms with van der Waals surface area (Å²) in [6.07, 6.45) is 4.24. The average Bonchev–Trinajstić information content (AvgIpc) is 3.09. The molecule has 0 bridgehead atoms. The first-order valence-corrected chi connectivity index (χ1v) is 17.8. The van der Waals surface area contributed by atoms with Gasteiger partial charge in [0.15, 0.2) is 0 Å². The zero-order valence-electron chi connectivity index (χ0n) is 26.7. The van der Waals surface area contributed by atoms with E-state index < -0.39 is 16.8 Å². The monoisotopic (exact) mass is 689 g/mol. The number of esters is 1. The van der Waals surface area contributed by atoms with Gasteiger partial charge in [-0.2, -0.15) is 5.26 Å². The summed E-state index contributed by atoms with van der Waals surface area (Å²) in [7, 11) is 1.90. The molecule has 1 amide bonds. The van der Waals surface area contributed by atoms with Gasteiger partial charge >= 0.3 is 5.97 Å². The number of carbonyl (C=O) groups is 2. The average molecular weight is 691 g/mol. The van der Waals surface area contributed by atoms with Crippen LogP contribution in [0.5, 0.6) is 0 Å². The fraction of sp³-hybridized carbons (Fsp3) is 0.324. The van der Waals surface area contributed by atoms with E-state index in [-0.39, 0.29) is 17.7 Å². The smallest absolute Gasteiger partial charge is 0.337 e. The van der Waals surface area contributed by atoms with Crippen molar-refractivity contribution in [2.24, 2.45) is 0 Å². The highest BCUT2D eigenvalue weighted by atomic mass is 35.5. The number of nitrogens with zero attached hydrogens (tertiary/aromatic N) is 3. The van der Waals surface area contributed by atoms with Gasteiger partial charge in [-0.15, -0.1) is 0 Å². The van der Waals surface area contributed by atoms with Crippen LogP contribution in [0.25, 0.3) is 10.8 Å². The highest BCUT2D eigenvalue weighted by Crippen LogP contribution is 2.34. The van der Waals surface area contributed by atoms with Gasteiger partial charge in [0.1, 0.15) is 0 Å². The summed E-state index contributed by atoms with van der Waals surface area (Å²) in [4.78, 5) is 30.8. The van der Waals surface area contributed by atoms with Gasteiger partial charge in [-0.25, -0.2) is 4.79 Å². The molecule has 7 nitrogen and oxygen atoms in total. The third-order valence-corrected chi connectivity index (χ3v) is 10.8. The predicted molar refractivity (Wildman–Crippen MR) is 188 cm³/mol. The summed E-state index contributed by atoms with van der Waals surface area (Å²) in [6, 6.07) is 24.3. The Morgan fingerprint density at radius 1 is 1.04 bits per heavy atom. The number of rotatable bonds is 10. The van der Waals surface area contributed by atoms with Crippen molar-refractivity contribution in [3.05, 3.63) is 111 Å². The van der Waals surface area contributed by atoms with Gasteiger partial charge < -0.3 is 14.5 Å². The number of carbonyl (C=O) groups excluding carboxylic acids is 2. The molecule has 2 atom stereocenters. The van der Waals surface area contributed by atoms with E-state index >= 15 is 0 Å². The van der Waals surface area contributed by atoms with Crippen LogP contribution in [0.2, 0.25) is 10.0 Å². The van der Waals surface area contributed by atoms with Gasteiger partial charge in [0.25, 0.3) is 5.91 Å². The Bertz CT molecular complexity index is 1870. The number of benzene rings is 4. The van der Waals surface area contributed by atoms with Crippen LogP contribution in [0.4, 0.5) is 0 Å². The first-order chi connectivity index (χ1) is 22.6. The van der Waals surface area contributed by atoms with Crippen molar-refractivity contribution < 1.29 is 18.5 Å². The Labute approximate surface area is 288 Å². The highest BCUT2D eigenvalue weighted by Gasteiger charge is 2.27. The number of fused-ring (bicyclic) bond motifs is 1. The van der Waals surface area contributed by atoms with Crippen LogP contribution in [0.15, 0.2) is 77.7 Å². The van der Waals surface area contributed by atoms with Crippen molar-refractivity contribution in [1.29, 1.82) is 5.26 Å². The molecule has 0 saturated carbocycles. The fourth-order valence-corrected chi connectivity index (χ4v) is 7.64. The first-order valence-electron chi connectivity index (χ1n) is 15.5. The molecule has 47 heavy (non-hydrogen) atoms. The molecule has 1 aliphatic rings. The van der Waals surface area contributed by atoms with Gasteiger partial charge in [-0.1, -0.05) is 59.6 Å². The Kier molecular flexibility index (Phi) is 11.4. The van der Waals surface area contributed by atoms with E-state index in [0.29, 0.717) is 38.2 Å². The largest absolute Gasteiger partial charge is 0.465 e. The Morgan fingerprint density at radius 2 is 1.79 bits per heavy atom. The number of hydrogen-bond acceptors (Lipinski definition) is 6. The van der Waals surface area contributed by atoms with E-state index in [4.69, 9.17) is 27.9 Å². The molecule has 1 heterocycles. The summed E-state index contributed by atoms with van der Waals surface area (Å²) in [5.41, 5.74) is 3.39. The van der Waals surface area contributed by atoms with E-state index in [9.17, 15) is 19.1 Å². The molecule has 0 unspecified atom stereocenters. The fourth-order valence-electron chi connectivity index (χ4n) is 6.47. The maximum atomic E-state index is 13.9. The van der Waals surface area contributed by atoms with Gasteiger partial charge in [0.05, 0.1) is 45.2 Å². The van der Waals surface area contributed by atoms with Crippen molar-refractivity contribution in [3.63, 3.8) is 0 Å². The number of likely N-dealkylation sites (N-methyl/N-ethyl adjacent to an activating group) is 1. The number of hydrogen-bond donors (Lipinski definition) is 0. The van der Waals surface area contributed by atoms with Crippen LogP contribution in [-0.4, -0.2) is 72.5 Å². The predicted octanol–water partition coefficient (Wildman–Crippen LogP) is 7.67. The van der Waals surface area contributed by atoms with E-state index in [1.165, 1.54) is 7.11 Å². The van der Waals surface area contributed by atoms with Crippen LogP contribution in [0.3, 0.4) is 0 Å². The van der Waals surface area contributed by atoms with Crippen molar-refractivity contribution in [1.82, 2.24) is 9.80 Å². The molecule has 0 aliphatic carbocycles. The third kappa shape index (κ3) is 8.05. The quantitative estimate of drug-likeness (QED) is 0.159. The normalized spacial score (nSPS) is 15.1. The highest BCUT2D eigenvalue weighted by molar-refractivity contribution is 7.84. The number of methoxy groups -OCH3 is 1. The number of piperidine rings is 1. The lowest BCUT2D eigenvalue weighted by Gasteiger charge is -2.34. The molecule has 4 aromatic rings. The van der Waals surface area contributed by atoms with E-state index in [1.807, 2.05) is 42.5 Å². The molecular formula is C37H37Cl2N3O4S. The third-order valence-electron chi connectivity index (χ3n) is 9.04. The van der Waals surface area contributed by atoms with Crippen molar-refractivity contribution in [2.75, 3.05) is 46.6 Å². The second-order valence-electron chi connectivity index (χ2n) is 12.0. The van der Waals surface area contributed by atoms with Crippen LogP contribution < -0.4 is 0 Å². The van der Waals surface area contributed by atoms with Crippen LogP contribution in [-0.2, 0) is 15.5 Å². The zero-order valence-corrected chi connectivity index (χ0v) is 29.0. The molecule has 0 N–H and O–H groups in total. The molecule has 1 aliphatic heterocycles. The Hall–Kier alpha value is -3.74. The van der Waals surface area contributed by atoms with Crippen molar-refractivity contribution in [3.8, 4) is 6.07 Å². The van der Waals surface area contributed by atoms with Gasteiger partial charge in [0, 0.05) is 36.2 Å². The first kappa shape index (κ1) is 34.6. The minimum Gasteiger partial charge on any atom is -0.465 e. The number of nitriles is 1. The number of amides is 1. The van der Waals surface area contributed by atoms with Crippen LogP contribution in [0, 0.1) is 11.3 Å². The topological polar surface area (TPSA) is 90.7 Å². The standard InChI is InChI=1S/C37H37Cl2N3O4S/c1-41(36(43)32-19-24(22-40)18-27-6-4-5-7-30(27)32)23-29(26-9-11-33(38)34(39)20-26)14-17-42-15-12-25(13-16-42)31-10-8-28(37(44)46-2)21-35(31)47(3)45/h4-11,18-21,25,29H,12-17,23H2,1-3H3/t29-,47-/m1/s1. The molecule has 4 aromatic carbocycles. The lowest BCUT2D eigenvalue weighted by atomic mass is 9.88. The molecule has 1 saturated heterocycles. The van der Waals surface area contributed by atoms with E-state index in [1.54, 1.807) is 48.5 Å². The van der Waals surface area contributed by atoms with Gasteiger partial charge in [0.2, 0.25) is 0 Å². The summed E-state index contributed by atoms with van der Waals surface area (Å²) in [6.45, 7) is 3.01. The number of likely N-dealkylation sites (tertiary alicyclic amines) is 1. The lowest BCUT2D eigenvalue weighted by molar-refractivity contribution is 0.0600. The van der Waals surface area contributed by atoms with Gasteiger partial charge in [-0.05, 0) is 103 Å². The van der Waals surface area contributed by atoms with Crippen molar-refractivity contribution in [2.45, 2.75) is 36.0 Å². The number of ether oxygens (including phenoxy) is 1. The van der Waals surface area contributed by atoms with Crippen LogP contribution in [0.1, 0.15) is 68.5 Å². The van der Waals surface area contributed by atoms with Crippen molar-refractivity contribution >= 4 is 56.7 Å². The molecule has 0 spiro atoms.